The Bertz CT molecular complexity index is 1210. The first kappa shape index (κ1) is 22.8. The van der Waals surface area contributed by atoms with Crippen molar-refractivity contribution in [1.29, 1.82) is 0 Å². The van der Waals surface area contributed by atoms with Crippen LogP contribution >= 0.6 is 23.4 Å². The lowest BCUT2D eigenvalue weighted by Crippen LogP contribution is -2.21. The van der Waals surface area contributed by atoms with Gasteiger partial charge in [-0.05, 0) is 42.2 Å². The number of rotatable bonds is 8. The molecule has 0 unspecified atom stereocenters. The molecular weight excluding hydrogens is 462 g/mol. The van der Waals surface area contributed by atoms with E-state index in [4.69, 9.17) is 11.6 Å². The predicted molar refractivity (Wildman–Crippen MR) is 116 cm³/mol. The first-order valence-electron chi connectivity index (χ1n) is 8.82. The molecule has 0 aliphatic rings. The maximum atomic E-state index is 12.7. The molecule has 1 aromatic heterocycles. The SMILES string of the molecule is CC(Cn1cnc([N+](=O)[O-])n1)=NNC(=O)c1cc([N+](=O)[O-])ccc1Sc1ccc(Cl)cc1. The van der Waals surface area contributed by atoms with E-state index >= 15 is 0 Å². The van der Waals surface area contributed by atoms with Gasteiger partial charge in [-0.3, -0.25) is 14.9 Å². The Morgan fingerprint density at radius 2 is 1.91 bits per heavy atom. The quantitative estimate of drug-likeness (QED) is 0.293. The largest absolute Gasteiger partial charge is 0.490 e. The molecule has 0 fully saturated rings. The number of nitro groups is 2. The molecule has 1 heterocycles. The molecule has 1 N–H and O–H groups in total. The van der Waals surface area contributed by atoms with Gasteiger partial charge in [-0.2, -0.15) is 9.78 Å². The summed E-state index contributed by atoms with van der Waals surface area (Å²) in [4.78, 5) is 38.0. The van der Waals surface area contributed by atoms with Crippen molar-refractivity contribution in [3.05, 3.63) is 79.6 Å². The second-order valence-corrected chi connectivity index (χ2v) is 7.83. The van der Waals surface area contributed by atoms with Crippen molar-refractivity contribution in [1.82, 2.24) is 20.2 Å². The first-order chi connectivity index (χ1) is 15.2. The van der Waals surface area contributed by atoms with E-state index in [2.05, 4.69) is 20.6 Å². The summed E-state index contributed by atoms with van der Waals surface area (Å²) in [7, 11) is 0. The van der Waals surface area contributed by atoms with Gasteiger partial charge in [-0.15, -0.1) is 0 Å². The second kappa shape index (κ2) is 9.98. The standard InChI is InChI=1S/C18H14ClN7O5S/c1-11(9-24-10-20-18(23-24)26(30)31)21-22-17(27)15-8-13(25(28)29)4-7-16(15)32-14-5-2-12(19)3-6-14/h2-8,10H,9H2,1H3,(H,22,27). The number of halogens is 1. The van der Waals surface area contributed by atoms with Crippen LogP contribution in [0.3, 0.4) is 0 Å². The summed E-state index contributed by atoms with van der Waals surface area (Å²) in [6.07, 6.45) is 1.17. The van der Waals surface area contributed by atoms with Gasteiger partial charge in [0.05, 0.1) is 22.7 Å². The van der Waals surface area contributed by atoms with Crippen LogP contribution in [0.4, 0.5) is 11.6 Å². The Kier molecular flexibility index (Phi) is 7.12. The van der Waals surface area contributed by atoms with Crippen molar-refractivity contribution in [3.63, 3.8) is 0 Å². The van der Waals surface area contributed by atoms with Gasteiger partial charge >= 0.3 is 5.95 Å². The van der Waals surface area contributed by atoms with Crippen LogP contribution in [0.2, 0.25) is 5.02 Å². The van der Waals surface area contributed by atoms with Crippen LogP contribution < -0.4 is 5.43 Å². The Labute approximate surface area is 189 Å². The summed E-state index contributed by atoms with van der Waals surface area (Å²) in [5.41, 5.74) is 2.54. The van der Waals surface area contributed by atoms with E-state index in [0.717, 1.165) is 4.90 Å². The van der Waals surface area contributed by atoms with Crippen LogP contribution in [-0.2, 0) is 6.54 Å². The molecule has 0 spiro atoms. The van der Waals surface area contributed by atoms with Crippen molar-refractivity contribution in [2.75, 3.05) is 0 Å². The fourth-order valence-corrected chi connectivity index (χ4v) is 3.50. The molecule has 0 radical (unpaired) electrons. The maximum Gasteiger partial charge on any atom is 0.490 e. The van der Waals surface area contributed by atoms with Crippen molar-refractivity contribution < 1.29 is 14.6 Å². The minimum absolute atomic E-state index is 0.0441. The topological polar surface area (TPSA) is 158 Å². The van der Waals surface area contributed by atoms with Gasteiger partial charge in [0, 0.05) is 32.0 Å². The van der Waals surface area contributed by atoms with E-state index in [1.165, 1.54) is 41.0 Å². The third kappa shape index (κ3) is 5.86. The number of aromatic nitrogens is 3. The summed E-state index contributed by atoms with van der Waals surface area (Å²) < 4.78 is 1.19. The zero-order chi connectivity index (χ0) is 23.3. The van der Waals surface area contributed by atoms with Crippen LogP contribution in [0.15, 0.2) is 63.7 Å². The Morgan fingerprint density at radius 3 is 2.53 bits per heavy atom. The fourth-order valence-electron chi connectivity index (χ4n) is 2.45. The average Bonchev–Trinajstić information content (AvgIpc) is 3.22. The average molecular weight is 476 g/mol. The highest BCUT2D eigenvalue weighted by Gasteiger charge is 2.18. The van der Waals surface area contributed by atoms with Crippen molar-refractivity contribution in [2.45, 2.75) is 23.3 Å². The van der Waals surface area contributed by atoms with Crippen LogP contribution in [0.1, 0.15) is 17.3 Å². The number of benzene rings is 2. The highest BCUT2D eigenvalue weighted by molar-refractivity contribution is 7.99. The fraction of sp³-hybridized carbons (Fsp3) is 0.111. The molecule has 0 atom stereocenters. The number of carbonyl (C=O) groups excluding carboxylic acids is 1. The van der Waals surface area contributed by atoms with Crippen molar-refractivity contribution >= 4 is 46.6 Å². The van der Waals surface area contributed by atoms with Crippen molar-refractivity contribution in [3.8, 4) is 0 Å². The van der Waals surface area contributed by atoms with Gasteiger partial charge in [-0.25, -0.2) is 5.43 Å². The molecule has 2 aromatic carbocycles. The van der Waals surface area contributed by atoms with E-state index in [1.54, 1.807) is 31.2 Å². The second-order valence-electron chi connectivity index (χ2n) is 6.28. The highest BCUT2D eigenvalue weighted by Crippen LogP contribution is 2.33. The smallest absolute Gasteiger partial charge is 0.390 e. The summed E-state index contributed by atoms with van der Waals surface area (Å²) >= 11 is 7.13. The minimum atomic E-state index is -0.729. The van der Waals surface area contributed by atoms with E-state index < -0.39 is 21.7 Å². The molecule has 0 bridgehead atoms. The van der Waals surface area contributed by atoms with Gasteiger partial charge in [-0.1, -0.05) is 28.3 Å². The van der Waals surface area contributed by atoms with Gasteiger partial charge < -0.3 is 10.1 Å². The number of nitrogens with zero attached hydrogens (tertiary/aromatic N) is 6. The zero-order valence-electron chi connectivity index (χ0n) is 16.3. The van der Waals surface area contributed by atoms with Gasteiger partial charge in [0.15, 0.2) is 0 Å². The molecule has 0 saturated heterocycles. The molecule has 32 heavy (non-hydrogen) atoms. The maximum absolute atomic E-state index is 12.7. The number of nitrogens with one attached hydrogen (secondary N) is 1. The number of hydrazone groups is 1. The summed E-state index contributed by atoms with van der Waals surface area (Å²) in [5.74, 6) is -1.21. The number of hydrogen-bond donors (Lipinski definition) is 1. The van der Waals surface area contributed by atoms with Crippen LogP contribution in [0, 0.1) is 20.2 Å². The molecule has 3 rings (SSSR count). The van der Waals surface area contributed by atoms with Gasteiger partial charge in [0.2, 0.25) is 6.33 Å². The molecule has 14 heteroatoms. The monoisotopic (exact) mass is 475 g/mol. The first-order valence-corrected chi connectivity index (χ1v) is 10.0. The summed E-state index contributed by atoms with van der Waals surface area (Å²) in [5, 5.41) is 30.0. The molecule has 1 amide bonds. The number of carbonyl (C=O) groups is 1. The Hall–Kier alpha value is -3.84. The normalized spacial score (nSPS) is 11.2. The Morgan fingerprint density at radius 1 is 1.19 bits per heavy atom. The van der Waals surface area contributed by atoms with Crippen LogP contribution in [0.5, 0.6) is 0 Å². The molecule has 0 aliphatic carbocycles. The molecule has 0 aliphatic heterocycles. The lowest BCUT2D eigenvalue weighted by atomic mass is 10.2. The van der Waals surface area contributed by atoms with Crippen LogP contribution in [-0.4, -0.2) is 36.2 Å². The van der Waals surface area contributed by atoms with E-state index in [9.17, 15) is 25.0 Å². The van der Waals surface area contributed by atoms with E-state index in [-0.39, 0.29) is 17.8 Å². The highest BCUT2D eigenvalue weighted by atomic mass is 35.5. The third-order valence-corrected chi connectivity index (χ3v) is 5.22. The molecule has 0 saturated carbocycles. The third-order valence-electron chi connectivity index (χ3n) is 3.89. The Balaban J connectivity index is 1.79. The minimum Gasteiger partial charge on any atom is -0.390 e. The number of non-ortho nitro benzene ring substituents is 1. The molecule has 3 aromatic rings. The predicted octanol–water partition coefficient (Wildman–Crippen LogP) is 3.71. The molecular formula is C18H14ClN7O5S. The zero-order valence-corrected chi connectivity index (χ0v) is 17.9. The lowest BCUT2D eigenvalue weighted by Gasteiger charge is -2.09. The van der Waals surface area contributed by atoms with Gasteiger partial charge in [0.1, 0.15) is 0 Å². The number of amides is 1. The van der Waals surface area contributed by atoms with Gasteiger partial charge in [0.25, 0.3) is 11.6 Å². The summed E-state index contributed by atoms with van der Waals surface area (Å²) in [6, 6.07) is 10.9. The molecule has 164 valence electrons. The van der Waals surface area contributed by atoms with E-state index in [1.807, 2.05) is 0 Å². The number of nitro benzene ring substituents is 1. The summed E-state index contributed by atoms with van der Waals surface area (Å²) in [6.45, 7) is 1.62. The van der Waals surface area contributed by atoms with Crippen LogP contribution in [0.25, 0.3) is 0 Å². The number of hydrogen-bond acceptors (Lipinski definition) is 9. The van der Waals surface area contributed by atoms with E-state index in [0.29, 0.717) is 15.6 Å². The molecule has 12 nitrogen and oxygen atoms in total. The van der Waals surface area contributed by atoms with Crippen molar-refractivity contribution in [2.24, 2.45) is 5.10 Å². The lowest BCUT2D eigenvalue weighted by molar-refractivity contribution is -0.394.